The van der Waals surface area contributed by atoms with Crippen LogP contribution in [0.25, 0.3) is 0 Å². The highest BCUT2D eigenvalue weighted by Gasteiger charge is 2.41. The van der Waals surface area contributed by atoms with Crippen LogP contribution in [0.5, 0.6) is 17.2 Å². The van der Waals surface area contributed by atoms with Crippen LogP contribution in [0.15, 0.2) is 42.5 Å². The van der Waals surface area contributed by atoms with E-state index in [0.717, 1.165) is 12.0 Å². The zero-order chi connectivity index (χ0) is 23.8. The third-order valence-corrected chi connectivity index (χ3v) is 5.94. The van der Waals surface area contributed by atoms with Gasteiger partial charge in [0.05, 0.1) is 27.2 Å². The van der Waals surface area contributed by atoms with Gasteiger partial charge >= 0.3 is 0 Å². The summed E-state index contributed by atoms with van der Waals surface area (Å²) in [4.78, 5) is 28.1. The highest BCUT2D eigenvalue weighted by molar-refractivity contribution is 5.95. The summed E-state index contributed by atoms with van der Waals surface area (Å²) in [5.41, 5.74) is 1.40. The van der Waals surface area contributed by atoms with Crippen LogP contribution in [0, 0.1) is 5.92 Å². The lowest BCUT2D eigenvalue weighted by Gasteiger charge is -2.21. The van der Waals surface area contributed by atoms with Crippen molar-refractivity contribution in [3.8, 4) is 17.2 Å². The fraction of sp³-hybridized carbons (Fsp3) is 0.440. The highest BCUT2D eigenvalue weighted by atomic mass is 16.5. The molecule has 0 unspecified atom stereocenters. The lowest BCUT2D eigenvalue weighted by Crippen LogP contribution is -2.36. The molecule has 1 heterocycles. The molecular formula is C25H32N2O6. The van der Waals surface area contributed by atoms with Crippen molar-refractivity contribution in [3.63, 3.8) is 0 Å². The number of carbonyl (C=O) groups excluding carboxylic acids is 2. The molecule has 33 heavy (non-hydrogen) atoms. The molecule has 0 bridgehead atoms. The van der Waals surface area contributed by atoms with Crippen LogP contribution in [0.1, 0.15) is 28.3 Å². The molecule has 2 aromatic rings. The van der Waals surface area contributed by atoms with E-state index in [0.29, 0.717) is 49.1 Å². The van der Waals surface area contributed by atoms with Gasteiger partial charge in [-0.3, -0.25) is 9.59 Å². The number of hydrogen-bond donors (Lipinski definition) is 1. The molecule has 1 saturated heterocycles. The van der Waals surface area contributed by atoms with Gasteiger partial charge in [0.1, 0.15) is 17.2 Å². The first-order chi connectivity index (χ1) is 16.0. The molecule has 0 radical (unpaired) electrons. The Morgan fingerprint density at radius 3 is 2.27 bits per heavy atom. The number of amides is 2. The van der Waals surface area contributed by atoms with E-state index in [1.807, 2.05) is 18.2 Å². The first-order valence-corrected chi connectivity index (χ1v) is 10.9. The normalized spacial score (nSPS) is 17.5. The van der Waals surface area contributed by atoms with Crippen LogP contribution < -0.4 is 19.5 Å². The average molecular weight is 457 g/mol. The van der Waals surface area contributed by atoms with Gasteiger partial charge in [-0.15, -0.1) is 0 Å². The zero-order valence-corrected chi connectivity index (χ0v) is 19.6. The van der Waals surface area contributed by atoms with Crippen molar-refractivity contribution in [1.82, 2.24) is 10.2 Å². The molecular weight excluding hydrogens is 424 g/mol. The molecule has 3 rings (SSSR count). The van der Waals surface area contributed by atoms with E-state index in [-0.39, 0.29) is 17.7 Å². The molecule has 0 saturated carbocycles. The van der Waals surface area contributed by atoms with Gasteiger partial charge in [-0.25, -0.2) is 0 Å². The molecule has 178 valence electrons. The molecule has 1 N–H and O–H groups in total. The maximum Gasteiger partial charge on any atom is 0.253 e. The second kappa shape index (κ2) is 11.6. The maximum atomic E-state index is 13.2. The largest absolute Gasteiger partial charge is 0.497 e. The standard InChI is InChI=1S/C25H32N2O6/c1-30-13-5-12-26-24(28)22-16-27(25(29)17-6-8-18(31-2)9-7-17)15-21(22)20-14-19(32-3)10-11-23(20)33-4/h6-11,14,21-22H,5,12-13,15-16H2,1-4H3,(H,26,28)/t21-,22+/m1/s1. The van der Waals surface area contributed by atoms with Gasteiger partial charge < -0.3 is 29.2 Å². The number of carbonyl (C=O) groups is 2. The fourth-order valence-electron chi connectivity index (χ4n) is 4.15. The minimum Gasteiger partial charge on any atom is -0.497 e. The van der Waals surface area contributed by atoms with Crippen LogP contribution in [0.2, 0.25) is 0 Å². The van der Waals surface area contributed by atoms with Gasteiger partial charge in [0.2, 0.25) is 5.91 Å². The number of benzene rings is 2. The number of hydrogen-bond acceptors (Lipinski definition) is 6. The molecule has 8 nitrogen and oxygen atoms in total. The summed E-state index contributed by atoms with van der Waals surface area (Å²) >= 11 is 0. The maximum absolute atomic E-state index is 13.2. The molecule has 0 aliphatic carbocycles. The molecule has 0 spiro atoms. The third kappa shape index (κ3) is 5.76. The molecule has 0 aromatic heterocycles. The summed E-state index contributed by atoms with van der Waals surface area (Å²) in [6, 6.07) is 12.5. The number of nitrogens with zero attached hydrogens (tertiary/aromatic N) is 1. The average Bonchev–Trinajstić information content (AvgIpc) is 3.31. The van der Waals surface area contributed by atoms with Crippen molar-refractivity contribution in [2.24, 2.45) is 5.92 Å². The van der Waals surface area contributed by atoms with Gasteiger partial charge in [-0.1, -0.05) is 0 Å². The van der Waals surface area contributed by atoms with E-state index >= 15 is 0 Å². The summed E-state index contributed by atoms with van der Waals surface area (Å²) < 4.78 is 21.2. The van der Waals surface area contributed by atoms with E-state index in [9.17, 15) is 9.59 Å². The Morgan fingerprint density at radius 1 is 0.939 bits per heavy atom. The minimum absolute atomic E-state index is 0.0917. The summed E-state index contributed by atoms with van der Waals surface area (Å²) in [7, 11) is 6.41. The fourth-order valence-corrected chi connectivity index (χ4v) is 4.15. The Bertz CT molecular complexity index is 946. The molecule has 1 fully saturated rings. The van der Waals surface area contributed by atoms with Crippen molar-refractivity contribution in [2.45, 2.75) is 12.3 Å². The first-order valence-electron chi connectivity index (χ1n) is 10.9. The van der Waals surface area contributed by atoms with E-state index in [1.165, 1.54) is 0 Å². The van der Waals surface area contributed by atoms with Gasteiger partial charge in [-0.2, -0.15) is 0 Å². The molecule has 2 aromatic carbocycles. The van der Waals surface area contributed by atoms with Gasteiger partial charge in [0.15, 0.2) is 0 Å². The number of nitrogens with one attached hydrogen (secondary N) is 1. The molecule has 8 heteroatoms. The minimum atomic E-state index is -0.421. The van der Waals surface area contributed by atoms with E-state index in [4.69, 9.17) is 18.9 Å². The summed E-state index contributed by atoms with van der Waals surface area (Å²) in [5.74, 6) is 1.14. The van der Waals surface area contributed by atoms with E-state index < -0.39 is 5.92 Å². The van der Waals surface area contributed by atoms with Gasteiger partial charge in [-0.05, 0) is 48.9 Å². The predicted octanol–water partition coefficient (Wildman–Crippen LogP) is 2.72. The third-order valence-electron chi connectivity index (χ3n) is 5.94. The number of methoxy groups -OCH3 is 4. The van der Waals surface area contributed by atoms with Crippen molar-refractivity contribution < 1.29 is 28.5 Å². The Balaban J connectivity index is 1.87. The van der Waals surface area contributed by atoms with Crippen LogP contribution in [0.4, 0.5) is 0 Å². The lowest BCUT2D eigenvalue weighted by atomic mass is 9.87. The smallest absolute Gasteiger partial charge is 0.253 e. The van der Waals surface area contributed by atoms with E-state index in [2.05, 4.69) is 5.32 Å². The summed E-state index contributed by atoms with van der Waals surface area (Å²) in [6.07, 6.45) is 0.719. The SMILES string of the molecule is COCCCNC(=O)[C@H]1CN(C(=O)c2ccc(OC)cc2)C[C@@H]1c1cc(OC)ccc1OC. The van der Waals surface area contributed by atoms with Crippen LogP contribution >= 0.6 is 0 Å². The number of ether oxygens (including phenoxy) is 4. The first kappa shape index (κ1) is 24.4. The van der Waals surface area contributed by atoms with Crippen molar-refractivity contribution in [1.29, 1.82) is 0 Å². The van der Waals surface area contributed by atoms with E-state index in [1.54, 1.807) is 57.6 Å². The molecule has 2 atom stereocenters. The Labute approximate surface area is 194 Å². The summed E-state index contributed by atoms with van der Waals surface area (Å²) in [5, 5.41) is 2.99. The zero-order valence-electron chi connectivity index (χ0n) is 19.6. The second-order valence-electron chi connectivity index (χ2n) is 7.90. The van der Waals surface area contributed by atoms with Crippen LogP contribution in [-0.2, 0) is 9.53 Å². The molecule has 1 aliphatic heterocycles. The molecule has 2 amide bonds. The van der Waals surface area contributed by atoms with Crippen LogP contribution in [-0.4, -0.2) is 71.4 Å². The Hall–Kier alpha value is -3.26. The monoisotopic (exact) mass is 456 g/mol. The van der Waals surface area contributed by atoms with Crippen molar-refractivity contribution in [3.05, 3.63) is 53.6 Å². The molecule has 1 aliphatic rings. The highest BCUT2D eigenvalue weighted by Crippen LogP contribution is 2.40. The predicted molar refractivity (Wildman–Crippen MR) is 124 cm³/mol. The lowest BCUT2D eigenvalue weighted by molar-refractivity contribution is -0.125. The number of rotatable bonds is 10. The Kier molecular flexibility index (Phi) is 8.54. The van der Waals surface area contributed by atoms with Crippen LogP contribution in [0.3, 0.4) is 0 Å². The topological polar surface area (TPSA) is 86.3 Å². The second-order valence-corrected chi connectivity index (χ2v) is 7.90. The number of likely N-dealkylation sites (tertiary alicyclic amines) is 1. The van der Waals surface area contributed by atoms with Gasteiger partial charge in [0, 0.05) is 50.4 Å². The Morgan fingerprint density at radius 2 is 1.64 bits per heavy atom. The van der Waals surface area contributed by atoms with Crippen molar-refractivity contribution in [2.75, 3.05) is 54.7 Å². The quantitative estimate of drug-likeness (QED) is 0.554. The van der Waals surface area contributed by atoms with Gasteiger partial charge in [0.25, 0.3) is 5.91 Å². The summed E-state index contributed by atoms with van der Waals surface area (Å²) in [6.45, 7) is 1.79. The van der Waals surface area contributed by atoms with Crippen molar-refractivity contribution >= 4 is 11.8 Å².